The Kier molecular flexibility index (Phi) is 4.33. The highest BCUT2D eigenvalue weighted by molar-refractivity contribution is 5.94. The molecule has 0 amide bonds. The van der Waals surface area contributed by atoms with E-state index in [1.807, 2.05) is 68.7 Å². The van der Waals surface area contributed by atoms with E-state index < -0.39 is 0 Å². The summed E-state index contributed by atoms with van der Waals surface area (Å²) in [4.78, 5) is 18.4. The Morgan fingerprint density at radius 2 is 1.89 bits per heavy atom. The van der Waals surface area contributed by atoms with Gasteiger partial charge >= 0.3 is 0 Å². The van der Waals surface area contributed by atoms with Gasteiger partial charge in [-0.1, -0.05) is 37.3 Å². The summed E-state index contributed by atoms with van der Waals surface area (Å²) in [5.41, 5.74) is 9.30. The maximum atomic E-state index is 13.6. The summed E-state index contributed by atoms with van der Waals surface area (Å²) in [6.07, 6.45) is 4.34. The summed E-state index contributed by atoms with van der Waals surface area (Å²) in [5.74, 6) is 0.574. The molecule has 0 bridgehead atoms. The van der Waals surface area contributed by atoms with E-state index in [2.05, 4.69) is 5.10 Å². The zero-order valence-corrected chi connectivity index (χ0v) is 15.3. The van der Waals surface area contributed by atoms with Gasteiger partial charge in [-0.05, 0) is 30.2 Å². The van der Waals surface area contributed by atoms with Crippen molar-refractivity contribution in [1.82, 2.24) is 19.3 Å². The first-order valence-electron chi connectivity index (χ1n) is 8.96. The molecule has 0 unspecified atom stereocenters. The minimum Gasteiger partial charge on any atom is -0.321 e. The van der Waals surface area contributed by atoms with Crippen LogP contribution >= 0.6 is 0 Å². The molecule has 2 heterocycles. The summed E-state index contributed by atoms with van der Waals surface area (Å²) in [6, 6.07) is 14.9. The van der Waals surface area contributed by atoms with E-state index in [-0.39, 0.29) is 11.6 Å². The van der Waals surface area contributed by atoms with Crippen molar-refractivity contribution in [3.63, 3.8) is 0 Å². The van der Waals surface area contributed by atoms with Crippen LogP contribution in [0.25, 0.3) is 27.7 Å². The normalized spacial score (nSPS) is 12.4. The molecule has 0 saturated heterocycles. The fraction of sp³-hybridized carbons (Fsp3) is 0.190. The molecule has 1 atom stereocenters. The van der Waals surface area contributed by atoms with Crippen molar-refractivity contribution in [3.05, 3.63) is 77.1 Å². The average Bonchev–Trinajstić information content (AvgIpc) is 3.13. The standard InChI is InChI=1S/C21H21N5O/c1-3-17(22)20-24-18-11-7-10-16(14-12-23-25(2)13-14)19(18)21(27)26(20)15-8-5-4-6-9-15/h4-13,17H,3,22H2,1-2H3/t17-/m0/s1. The molecule has 0 saturated carbocycles. The van der Waals surface area contributed by atoms with Gasteiger partial charge in [-0.25, -0.2) is 4.98 Å². The number of fused-ring (bicyclic) bond motifs is 1. The Bertz CT molecular complexity index is 1160. The molecule has 4 aromatic rings. The smallest absolute Gasteiger partial charge is 0.266 e. The van der Waals surface area contributed by atoms with Gasteiger partial charge in [0.05, 0.1) is 28.8 Å². The van der Waals surface area contributed by atoms with Crippen LogP contribution in [0.5, 0.6) is 0 Å². The Balaban J connectivity index is 2.11. The van der Waals surface area contributed by atoms with Crippen LogP contribution in [0.15, 0.2) is 65.7 Å². The second-order valence-corrected chi connectivity index (χ2v) is 6.56. The topological polar surface area (TPSA) is 78.7 Å². The number of rotatable bonds is 4. The van der Waals surface area contributed by atoms with Gasteiger partial charge in [0.1, 0.15) is 5.82 Å². The second-order valence-electron chi connectivity index (χ2n) is 6.56. The first-order chi connectivity index (χ1) is 13.1. The number of nitrogens with zero attached hydrogens (tertiary/aromatic N) is 4. The van der Waals surface area contributed by atoms with Crippen molar-refractivity contribution < 1.29 is 0 Å². The average molecular weight is 359 g/mol. The van der Waals surface area contributed by atoms with Crippen LogP contribution < -0.4 is 11.3 Å². The summed E-state index contributed by atoms with van der Waals surface area (Å²) < 4.78 is 3.36. The van der Waals surface area contributed by atoms with Crippen molar-refractivity contribution in [2.45, 2.75) is 19.4 Å². The van der Waals surface area contributed by atoms with E-state index in [4.69, 9.17) is 10.7 Å². The minimum absolute atomic E-state index is 0.121. The summed E-state index contributed by atoms with van der Waals surface area (Å²) >= 11 is 0. The highest BCUT2D eigenvalue weighted by Gasteiger charge is 2.19. The zero-order valence-electron chi connectivity index (χ0n) is 15.3. The monoisotopic (exact) mass is 359 g/mol. The SMILES string of the molecule is CC[C@H](N)c1nc2cccc(-c3cnn(C)c3)c2c(=O)n1-c1ccccc1. The van der Waals surface area contributed by atoms with E-state index in [0.717, 1.165) is 16.8 Å². The molecule has 0 radical (unpaired) electrons. The fourth-order valence-electron chi connectivity index (χ4n) is 3.31. The molecule has 6 nitrogen and oxygen atoms in total. The Hall–Kier alpha value is -3.25. The van der Waals surface area contributed by atoms with E-state index in [0.29, 0.717) is 23.1 Å². The third kappa shape index (κ3) is 2.94. The molecule has 0 aliphatic heterocycles. The van der Waals surface area contributed by atoms with Crippen LogP contribution in [0, 0.1) is 0 Å². The van der Waals surface area contributed by atoms with E-state index in [9.17, 15) is 4.79 Å². The third-order valence-corrected chi connectivity index (χ3v) is 4.73. The lowest BCUT2D eigenvalue weighted by molar-refractivity contribution is 0.623. The van der Waals surface area contributed by atoms with E-state index in [1.165, 1.54) is 0 Å². The molecular formula is C21H21N5O. The summed E-state index contributed by atoms with van der Waals surface area (Å²) in [6.45, 7) is 1.99. The van der Waals surface area contributed by atoms with Crippen molar-refractivity contribution in [2.75, 3.05) is 0 Å². The molecule has 2 N–H and O–H groups in total. The van der Waals surface area contributed by atoms with Crippen molar-refractivity contribution in [2.24, 2.45) is 12.8 Å². The maximum absolute atomic E-state index is 13.6. The molecule has 0 spiro atoms. The number of nitrogens with two attached hydrogens (primary N) is 1. The summed E-state index contributed by atoms with van der Waals surface area (Å²) in [5, 5.41) is 4.81. The van der Waals surface area contributed by atoms with E-state index in [1.54, 1.807) is 15.4 Å². The van der Waals surface area contributed by atoms with Gasteiger partial charge in [0, 0.05) is 18.8 Å². The van der Waals surface area contributed by atoms with Gasteiger partial charge in [-0.2, -0.15) is 5.10 Å². The Labute approximate surface area is 156 Å². The number of hydrogen-bond donors (Lipinski definition) is 1. The second kappa shape index (κ2) is 6.81. The number of hydrogen-bond acceptors (Lipinski definition) is 4. The van der Waals surface area contributed by atoms with Gasteiger partial charge < -0.3 is 5.73 Å². The van der Waals surface area contributed by atoms with Crippen LogP contribution in [-0.4, -0.2) is 19.3 Å². The molecular weight excluding hydrogens is 338 g/mol. The molecule has 0 fully saturated rings. The van der Waals surface area contributed by atoms with Crippen molar-refractivity contribution in [3.8, 4) is 16.8 Å². The first kappa shape index (κ1) is 17.2. The lowest BCUT2D eigenvalue weighted by Crippen LogP contribution is -2.28. The van der Waals surface area contributed by atoms with Gasteiger partial charge in [0.2, 0.25) is 0 Å². The lowest BCUT2D eigenvalue weighted by atomic mass is 10.0. The molecule has 27 heavy (non-hydrogen) atoms. The number of para-hydroxylation sites is 1. The predicted octanol–water partition coefficient (Wildman–Crippen LogP) is 3.20. The molecule has 0 aliphatic carbocycles. The van der Waals surface area contributed by atoms with Crippen LogP contribution in [-0.2, 0) is 7.05 Å². The summed E-state index contributed by atoms with van der Waals surface area (Å²) in [7, 11) is 1.85. The Morgan fingerprint density at radius 1 is 1.11 bits per heavy atom. The maximum Gasteiger partial charge on any atom is 0.266 e. The van der Waals surface area contributed by atoms with Gasteiger partial charge in [0.15, 0.2) is 0 Å². The van der Waals surface area contributed by atoms with E-state index >= 15 is 0 Å². The largest absolute Gasteiger partial charge is 0.321 e. The molecule has 136 valence electrons. The van der Waals surface area contributed by atoms with Crippen molar-refractivity contribution in [1.29, 1.82) is 0 Å². The van der Waals surface area contributed by atoms with Crippen LogP contribution in [0.4, 0.5) is 0 Å². The van der Waals surface area contributed by atoms with Crippen LogP contribution in [0.3, 0.4) is 0 Å². The Morgan fingerprint density at radius 3 is 2.56 bits per heavy atom. The zero-order chi connectivity index (χ0) is 19.0. The highest BCUT2D eigenvalue weighted by Crippen LogP contribution is 2.27. The first-order valence-corrected chi connectivity index (χ1v) is 8.96. The lowest BCUT2D eigenvalue weighted by Gasteiger charge is -2.18. The molecule has 6 heteroatoms. The number of benzene rings is 2. The van der Waals surface area contributed by atoms with Gasteiger partial charge in [0.25, 0.3) is 5.56 Å². The molecule has 0 aliphatic rings. The molecule has 2 aromatic heterocycles. The van der Waals surface area contributed by atoms with Gasteiger partial charge in [-0.3, -0.25) is 14.0 Å². The fourth-order valence-corrected chi connectivity index (χ4v) is 3.31. The minimum atomic E-state index is -0.329. The van der Waals surface area contributed by atoms with Crippen molar-refractivity contribution >= 4 is 10.9 Å². The molecule has 2 aromatic carbocycles. The van der Waals surface area contributed by atoms with Gasteiger partial charge in [-0.15, -0.1) is 0 Å². The quantitative estimate of drug-likeness (QED) is 0.607. The predicted molar refractivity (Wildman–Crippen MR) is 107 cm³/mol. The number of aromatic nitrogens is 4. The van der Waals surface area contributed by atoms with Crippen LogP contribution in [0.2, 0.25) is 0 Å². The molecule has 4 rings (SSSR count). The third-order valence-electron chi connectivity index (χ3n) is 4.73. The number of aryl methyl sites for hydroxylation is 1. The van der Waals surface area contributed by atoms with Crippen LogP contribution in [0.1, 0.15) is 25.2 Å². The highest BCUT2D eigenvalue weighted by atomic mass is 16.1.